The molecule has 10 nitrogen and oxygen atoms in total. The number of pyridine rings is 1. The van der Waals surface area contributed by atoms with E-state index in [1.165, 1.54) is 27.9 Å². The molecule has 6 bridgehead atoms. The number of carboxylic acid groups (broad SMARTS) is 1. The van der Waals surface area contributed by atoms with E-state index in [9.17, 15) is 18.3 Å². The van der Waals surface area contributed by atoms with Crippen LogP contribution in [-0.4, -0.2) is 54.5 Å². The van der Waals surface area contributed by atoms with Crippen molar-refractivity contribution in [3.63, 3.8) is 0 Å². The maximum absolute atomic E-state index is 13.9. The monoisotopic (exact) mass is 602 g/mol. The number of carboxylic acids is 1. The largest absolute Gasteiger partial charge is 0.481 e. The Bertz CT molecular complexity index is 1630. The van der Waals surface area contributed by atoms with Gasteiger partial charge in [0.1, 0.15) is 11.0 Å². The Kier molecular flexibility index (Phi) is 6.54. The average molecular weight is 603 g/mol. The molecule has 212 valence electrons. The highest BCUT2D eigenvalue weighted by Crippen LogP contribution is 2.52. The Hall–Kier alpha value is -2.90. The molecule has 3 atom stereocenters. The van der Waals surface area contributed by atoms with Crippen molar-refractivity contribution in [2.75, 3.05) is 29.7 Å². The second-order valence-corrected chi connectivity index (χ2v) is 14.4. The third-order valence-electron chi connectivity index (χ3n) is 7.91. The van der Waals surface area contributed by atoms with Crippen molar-refractivity contribution < 1.29 is 23.1 Å². The first-order valence-electron chi connectivity index (χ1n) is 13.0. The highest BCUT2D eigenvalue weighted by molar-refractivity contribution is 7.89. The van der Waals surface area contributed by atoms with E-state index in [-0.39, 0.29) is 30.4 Å². The standard InChI is InChI=1S/C27H29ClN5O5S2/c1-5-32-19-9-8-18-15(2)23(19)33(30-32)14-17-13-31(40(36,37)21-7-6-10-29-25(21)38-17)12-16-11-20(39-24(16)28)22(18)27(3,4)26(34)35/h6-11,17,22H,5,12-14H2,1-4H3,(H,34,35)/q-1/t17-,22+/m0/s1. The van der Waals surface area contributed by atoms with Gasteiger partial charge < -0.3 is 25.4 Å². The molecule has 0 amide bonds. The molecule has 3 aliphatic heterocycles. The van der Waals surface area contributed by atoms with Crippen LogP contribution in [0.1, 0.15) is 48.3 Å². The number of fused-ring (bicyclic) bond motifs is 6. The van der Waals surface area contributed by atoms with Gasteiger partial charge in [0.15, 0.2) is 0 Å². The number of aromatic nitrogens is 1. The number of sulfonamides is 1. The van der Waals surface area contributed by atoms with Crippen molar-refractivity contribution in [3.05, 3.63) is 68.0 Å². The minimum Gasteiger partial charge on any atom is -0.481 e. The highest BCUT2D eigenvalue weighted by atomic mass is 35.5. The van der Waals surface area contributed by atoms with E-state index in [1.807, 2.05) is 42.1 Å². The third kappa shape index (κ3) is 4.16. The van der Waals surface area contributed by atoms with E-state index >= 15 is 0 Å². The minimum atomic E-state index is -3.98. The normalized spacial score (nSPS) is 23.3. The van der Waals surface area contributed by atoms with Crippen molar-refractivity contribution in [2.45, 2.75) is 51.2 Å². The number of hydrogen-bond acceptors (Lipinski definition) is 8. The van der Waals surface area contributed by atoms with Gasteiger partial charge in [-0.25, -0.2) is 13.4 Å². The lowest BCUT2D eigenvalue weighted by Gasteiger charge is -2.40. The molecule has 1 aromatic carbocycles. The molecule has 0 saturated heterocycles. The van der Waals surface area contributed by atoms with Crippen LogP contribution < -0.4 is 14.8 Å². The number of nitrogens with zero attached hydrogens (tertiary/aromatic N) is 5. The lowest BCUT2D eigenvalue weighted by atomic mass is 9.72. The van der Waals surface area contributed by atoms with Crippen LogP contribution in [0, 0.1) is 12.3 Å². The maximum Gasteiger partial charge on any atom is 0.310 e. The van der Waals surface area contributed by atoms with Crippen molar-refractivity contribution >= 4 is 50.3 Å². The second-order valence-electron chi connectivity index (χ2n) is 10.8. The predicted octanol–water partition coefficient (Wildman–Crippen LogP) is 5.16. The van der Waals surface area contributed by atoms with Crippen LogP contribution in [0.5, 0.6) is 5.88 Å². The van der Waals surface area contributed by atoms with E-state index in [4.69, 9.17) is 21.9 Å². The third-order valence-corrected chi connectivity index (χ3v) is 11.2. The van der Waals surface area contributed by atoms with Crippen LogP contribution >= 0.6 is 22.9 Å². The summed E-state index contributed by atoms with van der Waals surface area (Å²) < 4.78 is 35.8. The molecule has 13 heteroatoms. The van der Waals surface area contributed by atoms with Gasteiger partial charge in [0.25, 0.3) is 0 Å². The fourth-order valence-electron chi connectivity index (χ4n) is 5.78. The molecule has 0 aliphatic carbocycles. The molecule has 6 rings (SSSR count). The van der Waals surface area contributed by atoms with Gasteiger partial charge in [0, 0.05) is 41.5 Å². The van der Waals surface area contributed by atoms with E-state index in [1.54, 1.807) is 19.9 Å². The number of halogens is 1. The number of anilines is 2. The van der Waals surface area contributed by atoms with Crippen molar-refractivity contribution in [2.24, 2.45) is 5.41 Å². The van der Waals surface area contributed by atoms with Gasteiger partial charge in [-0.05, 0) is 75.2 Å². The van der Waals surface area contributed by atoms with Crippen LogP contribution in [0.2, 0.25) is 4.34 Å². The van der Waals surface area contributed by atoms with Gasteiger partial charge in [-0.15, -0.1) is 11.3 Å². The van der Waals surface area contributed by atoms with Gasteiger partial charge in [-0.3, -0.25) is 4.79 Å². The maximum atomic E-state index is 13.9. The number of aliphatic carboxylic acids is 1. The summed E-state index contributed by atoms with van der Waals surface area (Å²) in [6.07, 6.45) is 0.905. The topological polar surface area (TPSA) is 117 Å². The molecule has 2 aromatic heterocycles. The fraction of sp³-hybridized carbons (Fsp3) is 0.407. The first-order valence-corrected chi connectivity index (χ1v) is 15.6. The van der Waals surface area contributed by atoms with E-state index in [0.29, 0.717) is 16.4 Å². The zero-order valence-corrected chi connectivity index (χ0v) is 24.8. The Morgan fingerprint density at radius 3 is 2.80 bits per heavy atom. The van der Waals surface area contributed by atoms with Gasteiger partial charge in [0.05, 0.1) is 16.3 Å². The SMILES string of the molecule is CCN1[N-]N2C[C@@H]3CN(Cc4cc(sc4Cl)[C@H](C(C)(C)C(=O)O)c4ccc1c2c4C)S(=O)(=O)c1cccnc1O3. The van der Waals surface area contributed by atoms with Crippen LogP contribution in [0.4, 0.5) is 11.4 Å². The van der Waals surface area contributed by atoms with E-state index in [2.05, 4.69) is 4.98 Å². The molecule has 0 saturated carbocycles. The molecular weight excluding hydrogens is 574 g/mol. The van der Waals surface area contributed by atoms with Crippen LogP contribution in [-0.2, 0) is 21.4 Å². The predicted molar refractivity (Wildman–Crippen MR) is 154 cm³/mol. The smallest absolute Gasteiger partial charge is 0.310 e. The summed E-state index contributed by atoms with van der Waals surface area (Å²) >= 11 is 8.04. The van der Waals surface area contributed by atoms with Crippen LogP contribution in [0.15, 0.2) is 41.4 Å². The van der Waals surface area contributed by atoms with E-state index in [0.717, 1.165) is 27.4 Å². The lowest BCUT2D eigenvalue weighted by Crippen LogP contribution is -2.42. The van der Waals surface area contributed by atoms with Crippen LogP contribution in [0.25, 0.3) is 5.53 Å². The minimum absolute atomic E-state index is 0.00605. The Balaban J connectivity index is 1.61. The second kappa shape index (κ2) is 9.59. The quantitative estimate of drug-likeness (QED) is 0.437. The van der Waals surface area contributed by atoms with Crippen LogP contribution in [0.3, 0.4) is 0 Å². The van der Waals surface area contributed by atoms with Crippen molar-refractivity contribution in [3.8, 4) is 5.88 Å². The molecule has 1 unspecified atom stereocenters. The average Bonchev–Trinajstić information content (AvgIpc) is 3.41. The zero-order valence-electron chi connectivity index (χ0n) is 22.5. The number of benzene rings is 1. The summed E-state index contributed by atoms with van der Waals surface area (Å²) in [4.78, 5) is 17.6. The molecule has 3 aromatic rings. The molecule has 5 heterocycles. The Labute approximate surface area is 242 Å². The number of ether oxygens (including phenoxy) is 1. The number of hydrogen-bond donors (Lipinski definition) is 1. The molecular formula is C27H29ClN5O5S2-. The van der Waals surface area contributed by atoms with Crippen molar-refractivity contribution in [1.29, 1.82) is 0 Å². The molecule has 0 fully saturated rings. The molecule has 0 spiro atoms. The van der Waals surface area contributed by atoms with Gasteiger partial charge in [-0.2, -0.15) is 4.31 Å². The Morgan fingerprint density at radius 2 is 2.08 bits per heavy atom. The molecule has 40 heavy (non-hydrogen) atoms. The first kappa shape index (κ1) is 27.3. The number of thiophene rings is 1. The number of rotatable bonds is 3. The summed E-state index contributed by atoms with van der Waals surface area (Å²) in [6, 6.07) is 8.88. The van der Waals surface area contributed by atoms with Crippen molar-refractivity contribution in [1.82, 2.24) is 9.29 Å². The first-order chi connectivity index (χ1) is 18.9. The van der Waals surface area contributed by atoms with Gasteiger partial charge >= 0.3 is 5.97 Å². The zero-order chi connectivity index (χ0) is 28.6. The summed E-state index contributed by atoms with van der Waals surface area (Å²) in [7, 11) is -3.98. The summed E-state index contributed by atoms with van der Waals surface area (Å²) in [5.41, 5.74) is 7.75. The Morgan fingerprint density at radius 1 is 1.30 bits per heavy atom. The lowest BCUT2D eigenvalue weighted by molar-refractivity contribution is -0.147. The van der Waals surface area contributed by atoms with Gasteiger partial charge in [-0.1, -0.05) is 17.7 Å². The molecule has 3 aliphatic rings. The highest BCUT2D eigenvalue weighted by Gasteiger charge is 2.43. The summed E-state index contributed by atoms with van der Waals surface area (Å²) in [5.74, 6) is -1.43. The molecule has 0 radical (unpaired) electrons. The fourth-order valence-corrected chi connectivity index (χ4v) is 8.88. The summed E-state index contributed by atoms with van der Waals surface area (Å²) in [6.45, 7) is 8.33. The molecule has 1 N–H and O–H groups in total. The van der Waals surface area contributed by atoms with E-state index < -0.39 is 33.4 Å². The van der Waals surface area contributed by atoms with Gasteiger partial charge in [0.2, 0.25) is 15.9 Å². The number of carbonyl (C=O) groups is 1. The summed E-state index contributed by atoms with van der Waals surface area (Å²) in [5, 5.41) is 14.1.